The Morgan fingerprint density at radius 1 is 1.19 bits per heavy atom. The van der Waals surface area contributed by atoms with E-state index in [9.17, 15) is 4.79 Å². The molecule has 2 aliphatic rings. The van der Waals surface area contributed by atoms with Gasteiger partial charge in [-0.2, -0.15) is 11.8 Å². The van der Waals surface area contributed by atoms with E-state index in [4.69, 9.17) is 14.2 Å². The molecule has 0 radical (unpaired) electrons. The predicted octanol–water partition coefficient (Wildman–Crippen LogP) is 3.81. The smallest absolute Gasteiger partial charge is 0.260 e. The van der Waals surface area contributed by atoms with Gasteiger partial charge in [-0.05, 0) is 48.7 Å². The van der Waals surface area contributed by atoms with E-state index in [2.05, 4.69) is 12.1 Å². The number of hydrogen-bond acceptors (Lipinski definition) is 5. The molecule has 4 rings (SSSR count). The lowest BCUT2D eigenvalue weighted by molar-refractivity contribution is -0.133. The van der Waals surface area contributed by atoms with Crippen molar-refractivity contribution >= 4 is 17.7 Å². The number of fused-ring (bicyclic) bond motifs is 1. The van der Waals surface area contributed by atoms with Crippen LogP contribution in [-0.4, -0.2) is 43.0 Å². The Morgan fingerprint density at radius 2 is 2.07 bits per heavy atom. The van der Waals surface area contributed by atoms with Crippen molar-refractivity contribution in [3.63, 3.8) is 0 Å². The van der Waals surface area contributed by atoms with Crippen LogP contribution < -0.4 is 14.2 Å². The second kappa shape index (κ2) is 8.13. The van der Waals surface area contributed by atoms with Crippen molar-refractivity contribution in [2.75, 3.05) is 32.2 Å². The molecule has 0 spiro atoms. The maximum Gasteiger partial charge on any atom is 0.260 e. The van der Waals surface area contributed by atoms with E-state index in [-0.39, 0.29) is 12.5 Å². The number of benzene rings is 2. The first-order valence-electron chi connectivity index (χ1n) is 9.17. The van der Waals surface area contributed by atoms with E-state index in [1.165, 1.54) is 5.56 Å². The topological polar surface area (TPSA) is 48.0 Å². The van der Waals surface area contributed by atoms with Crippen LogP contribution in [0.2, 0.25) is 0 Å². The summed E-state index contributed by atoms with van der Waals surface area (Å²) in [6.45, 7) is 3.88. The molecule has 1 atom stereocenters. The quantitative estimate of drug-likeness (QED) is 0.801. The standard InChI is InChI=1S/C21H23NO4S/c1-15-3-2-4-17(11-15)24-13-21(23)22-8-7-20(27-10-9-22)16-5-6-18-19(12-16)26-14-25-18/h2-6,11-12,20H,7-10,13-14H2,1H3. The second-order valence-corrected chi connectivity index (χ2v) is 8.06. The minimum atomic E-state index is 0.0449. The van der Waals surface area contributed by atoms with Gasteiger partial charge in [0.25, 0.3) is 5.91 Å². The Bertz CT molecular complexity index is 826. The molecule has 27 heavy (non-hydrogen) atoms. The van der Waals surface area contributed by atoms with Gasteiger partial charge in [0.1, 0.15) is 5.75 Å². The van der Waals surface area contributed by atoms with Gasteiger partial charge in [0.05, 0.1) is 0 Å². The summed E-state index contributed by atoms with van der Waals surface area (Å²) in [7, 11) is 0. The van der Waals surface area contributed by atoms with E-state index in [1.54, 1.807) is 0 Å². The van der Waals surface area contributed by atoms with Crippen LogP contribution in [-0.2, 0) is 4.79 Å². The third-order valence-corrected chi connectivity index (χ3v) is 6.14. The van der Waals surface area contributed by atoms with Gasteiger partial charge < -0.3 is 19.1 Å². The SMILES string of the molecule is Cc1cccc(OCC(=O)N2CCSC(c3ccc4c(c3)OCO4)CC2)c1. The highest BCUT2D eigenvalue weighted by Gasteiger charge is 2.24. The Hall–Kier alpha value is -2.34. The van der Waals surface area contributed by atoms with Gasteiger partial charge in [-0.3, -0.25) is 4.79 Å². The van der Waals surface area contributed by atoms with Crippen LogP contribution in [0.5, 0.6) is 17.2 Å². The molecule has 1 saturated heterocycles. The highest BCUT2D eigenvalue weighted by Crippen LogP contribution is 2.40. The van der Waals surface area contributed by atoms with Crippen molar-refractivity contribution in [3.05, 3.63) is 53.6 Å². The molecule has 0 N–H and O–H groups in total. The summed E-state index contributed by atoms with van der Waals surface area (Å²) in [5, 5.41) is 0.356. The lowest BCUT2D eigenvalue weighted by Gasteiger charge is -2.20. The first-order valence-corrected chi connectivity index (χ1v) is 10.2. The number of aryl methyl sites for hydroxylation is 1. The Balaban J connectivity index is 1.33. The second-order valence-electron chi connectivity index (χ2n) is 6.75. The highest BCUT2D eigenvalue weighted by molar-refractivity contribution is 7.99. The Morgan fingerprint density at radius 3 is 2.96 bits per heavy atom. The summed E-state index contributed by atoms with van der Waals surface area (Å²) in [5.41, 5.74) is 2.35. The maximum absolute atomic E-state index is 12.6. The van der Waals surface area contributed by atoms with Crippen LogP contribution in [0.4, 0.5) is 0 Å². The monoisotopic (exact) mass is 385 g/mol. The van der Waals surface area contributed by atoms with Gasteiger partial charge in [-0.1, -0.05) is 18.2 Å². The predicted molar refractivity (Wildman–Crippen MR) is 106 cm³/mol. The first kappa shape index (κ1) is 18.0. The molecule has 0 saturated carbocycles. The molecule has 0 bridgehead atoms. The molecule has 142 valence electrons. The van der Waals surface area contributed by atoms with Crippen molar-refractivity contribution in [2.24, 2.45) is 0 Å². The van der Waals surface area contributed by atoms with Crippen molar-refractivity contribution < 1.29 is 19.0 Å². The molecular formula is C21H23NO4S. The van der Waals surface area contributed by atoms with Gasteiger partial charge in [-0.25, -0.2) is 0 Å². The molecule has 2 aliphatic heterocycles. The molecule has 2 aromatic carbocycles. The van der Waals surface area contributed by atoms with Crippen LogP contribution in [0.15, 0.2) is 42.5 Å². The normalized spacial score (nSPS) is 18.9. The first-order chi connectivity index (χ1) is 13.2. The summed E-state index contributed by atoms with van der Waals surface area (Å²) in [6, 6.07) is 13.9. The molecule has 6 heteroatoms. The van der Waals surface area contributed by atoms with Crippen molar-refractivity contribution in [2.45, 2.75) is 18.6 Å². The van der Waals surface area contributed by atoms with Gasteiger partial charge in [0.2, 0.25) is 6.79 Å². The van der Waals surface area contributed by atoms with E-state index < -0.39 is 0 Å². The van der Waals surface area contributed by atoms with E-state index in [0.717, 1.165) is 48.1 Å². The van der Waals surface area contributed by atoms with E-state index >= 15 is 0 Å². The van der Waals surface area contributed by atoms with Crippen molar-refractivity contribution in [1.29, 1.82) is 0 Å². The largest absolute Gasteiger partial charge is 0.484 e. The molecule has 1 unspecified atom stereocenters. The van der Waals surface area contributed by atoms with Crippen LogP contribution in [0, 0.1) is 6.92 Å². The molecule has 2 heterocycles. The highest BCUT2D eigenvalue weighted by atomic mass is 32.2. The average Bonchev–Trinajstić information content (AvgIpc) is 3.01. The van der Waals surface area contributed by atoms with Crippen LogP contribution in [0.25, 0.3) is 0 Å². The zero-order valence-corrected chi connectivity index (χ0v) is 16.2. The molecule has 0 aliphatic carbocycles. The summed E-state index contributed by atoms with van der Waals surface area (Å²) < 4.78 is 16.6. The number of nitrogens with zero attached hydrogens (tertiary/aromatic N) is 1. The van der Waals surface area contributed by atoms with E-state index in [1.807, 2.05) is 53.9 Å². The Labute approximate surface area is 163 Å². The summed E-state index contributed by atoms with van der Waals surface area (Å²) in [6.07, 6.45) is 0.917. The third-order valence-electron chi connectivity index (χ3n) is 4.81. The van der Waals surface area contributed by atoms with Gasteiger partial charge in [0, 0.05) is 24.1 Å². The fraction of sp³-hybridized carbons (Fsp3) is 0.381. The van der Waals surface area contributed by atoms with Crippen molar-refractivity contribution in [1.82, 2.24) is 4.90 Å². The average molecular weight is 385 g/mol. The van der Waals surface area contributed by atoms with Gasteiger partial charge in [0.15, 0.2) is 18.1 Å². The number of ether oxygens (including phenoxy) is 3. The van der Waals surface area contributed by atoms with Crippen LogP contribution in [0.1, 0.15) is 22.8 Å². The summed E-state index contributed by atoms with van der Waals surface area (Å²) in [4.78, 5) is 14.5. The number of carbonyl (C=O) groups excluding carboxylic acids is 1. The van der Waals surface area contributed by atoms with Crippen molar-refractivity contribution in [3.8, 4) is 17.2 Å². The van der Waals surface area contributed by atoms with E-state index in [0.29, 0.717) is 12.0 Å². The summed E-state index contributed by atoms with van der Waals surface area (Å²) >= 11 is 1.89. The molecule has 0 aromatic heterocycles. The summed E-state index contributed by atoms with van der Waals surface area (Å²) in [5.74, 6) is 3.32. The number of thioether (sulfide) groups is 1. The molecular weight excluding hydrogens is 362 g/mol. The fourth-order valence-corrected chi connectivity index (χ4v) is 4.56. The molecule has 1 fully saturated rings. The fourth-order valence-electron chi connectivity index (χ4n) is 3.34. The van der Waals surface area contributed by atoms with Gasteiger partial charge >= 0.3 is 0 Å². The number of rotatable bonds is 4. The molecule has 5 nitrogen and oxygen atoms in total. The molecule has 1 amide bonds. The van der Waals surface area contributed by atoms with Crippen LogP contribution in [0.3, 0.4) is 0 Å². The Kier molecular flexibility index (Phi) is 5.43. The van der Waals surface area contributed by atoms with Gasteiger partial charge in [-0.15, -0.1) is 0 Å². The minimum Gasteiger partial charge on any atom is -0.484 e. The third kappa shape index (κ3) is 4.33. The lowest BCUT2D eigenvalue weighted by Crippen LogP contribution is -2.36. The maximum atomic E-state index is 12.6. The number of carbonyl (C=O) groups is 1. The molecule has 2 aromatic rings. The lowest BCUT2D eigenvalue weighted by atomic mass is 10.1. The number of amides is 1. The number of hydrogen-bond donors (Lipinski definition) is 0. The zero-order valence-electron chi connectivity index (χ0n) is 15.3. The zero-order chi connectivity index (χ0) is 18.6. The van der Waals surface area contributed by atoms with Crippen LogP contribution >= 0.6 is 11.8 Å². The minimum absolute atomic E-state index is 0.0449.